The molecule has 0 spiro atoms. The van der Waals surface area contributed by atoms with Crippen LogP contribution in [0.15, 0.2) is 53.4 Å². The zero-order chi connectivity index (χ0) is 13.7. The Labute approximate surface area is 136 Å². The number of hydrogen-bond donors (Lipinski definition) is 2. The summed E-state index contributed by atoms with van der Waals surface area (Å²) < 4.78 is 1.20. The van der Waals surface area contributed by atoms with Crippen LogP contribution < -0.4 is 10.6 Å². The number of thiocarbonyl (C=S) groups is 1. The van der Waals surface area contributed by atoms with Crippen molar-refractivity contribution in [2.24, 2.45) is 0 Å². The lowest BCUT2D eigenvalue weighted by molar-refractivity contribution is 1.45. The van der Waals surface area contributed by atoms with E-state index in [9.17, 15) is 0 Å². The second-order valence-electron chi connectivity index (χ2n) is 3.82. The fraction of sp³-hybridized carbons (Fsp3) is 0.0714. The lowest BCUT2D eigenvalue weighted by Crippen LogP contribution is -2.18. The van der Waals surface area contributed by atoms with Crippen LogP contribution in [0.5, 0.6) is 0 Å². The molecule has 2 rings (SSSR count). The van der Waals surface area contributed by atoms with Gasteiger partial charge in [0.15, 0.2) is 5.11 Å². The molecule has 0 saturated heterocycles. The van der Waals surface area contributed by atoms with Crippen LogP contribution in [0.1, 0.15) is 0 Å². The second kappa shape index (κ2) is 7.12. The van der Waals surface area contributed by atoms with Gasteiger partial charge < -0.3 is 10.6 Å². The third-order valence-corrected chi connectivity index (χ3v) is 4.08. The summed E-state index contributed by atoms with van der Waals surface area (Å²) in [6, 6.07) is 16.3. The van der Waals surface area contributed by atoms with Gasteiger partial charge in [0, 0.05) is 19.8 Å². The Bertz CT molecular complexity index is 570. The number of benzene rings is 2. The number of nitrogens with one attached hydrogen (secondary N) is 2. The van der Waals surface area contributed by atoms with Gasteiger partial charge in [-0.1, -0.05) is 6.07 Å². The minimum Gasteiger partial charge on any atom is -0.332 e. The van der Waals surface area contributed by atoms with E-state index in [4.69, 9.17) is 12.2 Å². The number of anilines is 2. The quantitative estimate of drug-likeness (QED) is 0.438. The lowest BCUT2D eigenvalue weighted by atomic mass is 10.3. The van der Waals surface area contributed by atoms with Crippen LogP contribution in [0.3, 0.4) is 0 Å². The molecule has 0 aliphatic rings. The van der Waals surface area contributed by atoms with E-state index in [1.54, 1.807) is 11.8 Å². The Morgan fingerprint density at radius 2 is 1.74 bits per heavy atom. The van der Waals surface area contributed by atoms with Crippen molar-refractivity contribution >= 4 is 63.1 Å². The van der Waals surface area contributed by atoms with Crippen molar-refractivity contribution in [1.29, 1.82) is 0 Å². The van der Waals surface area contributed by atoms with Crippen molar-refractivity contribution in [2.45, 2.75) is 4.90 Å². The maximum Gasteiger partial charge on any atom is 0.175 e. The summed E-state index contributed by atoms with van der Waals surface area (Å²) in [5, 5.41) is 6.95. The molecular formula is C14H13IN2S2. The van der Waals surface area contributed by atoms with Crippen molar-refractivity contribution in [3.63, 3.8) is 0 Å². The predicted molar refractivity (Wildman–Crippen MR) is 97.2 cm³/mol. The van der Waals surface area contributed by atoms with Crippen molar-refractivity contribution in [3.8, 4) is 0 Å². The first-order chi connectivity index (χ1) is 9.17. The van der Waals surface area contributed by atoms with Gasteiger partial charge in [-0.3, -0.25) is 0 Å². The molecule has 0 aliphatic carbocycles. The van der Waals surface area contributed by atoms with E-state index in [-0.39, 0.29) is 0 Å². The van der Waals surface area contributed by atoms with Crippen molar-refractivity contribution in [2.75, 3.05) is 16.9 Å². The summed E-state index contributed by atoms with van der Waals surface area (Å²) in [6.07, 6.45) is 2.06. The highest BCUT2D eigenvalue weighted by Crippen LogP contribution is 2.19. The third-order valence-electron chi connectivity index (χ3n) is 2.43. The zero-order valence-electron chi connectivity index (χ0n) is 10.3. The Morgan fingerprint density at radius 3 is 2.42 bits per heavy atom. The average Bonchev–Trinajstić information content (AvgIpc) is 2.41. The van der Waals surface area contributed by atoms with E-state index in [1.165, 1.54) is 8.47 Å². The Morgan fingerprint density at radius 1 is 1.05 bits per heavy atom. The third kappa shape index (κ3) is 4.67. The molecule has 0 aliphatic heterocycles. The summed E-state index contributed by atoms with van der Waals surface area (Å²) in [5.41, 5.74) is 1.98. The number of thioether (sulfide) groups is 1. The van der Waals surface area contributed by atoms with Crippen LogP contribution in [0.2, 0.25) is 0 Å². The molecule has 2 N–H and O–H groups in total. The van der Waals surface area contributed by atoms with Gasteiger partial charge in [-0.25, -0.2) is 0 Å². The molecule has 0 aromatic heterocycles. The molecule has 0 amide bonds. The monoisotopic (exact) mass is 400 g/mol. The van der Waals surface area contributed by atoms with Crippen LogP contribution in [0.4, 0.5) is 11.4 Å². The molecule has 0 atom stereocenters. The molecule has 0 bridgehead atoms. The maximum absolute atomic E-state index is 5.30. The van der Waals surface area contributed by atoms with Crippen LogP contribution in [-0.4, -0.2) is 11.4 Å². The standard InChI is InChI=1S/C14H13IN2S2/c1-19-13-4-2-3-12(9-13)17-14(18)16-11-7-5-10(15)6-8-11/h2-9H,1H3,(H2,16,17,18). The van der Waals surface area contributed by atoms with Gasteiger partial charge in [0.1, 0.15) is 0 Å². The SMILES string of the molecule is CSc1cccc(NC(=S)Nc2ccc(I)cc2)c1. The molecule has 5 heteroatoms. The van der Waals surface area contributed by atoms with Crippen LogP contribution in [-0.2, 0) is 0 Å². The topological polar surface area (TPSA) is 24.1 Å². The smallest absolute Gasteiger partial charge is 0.175 e. The summed E-state index contributed by atoms with van der Waals surface area (Å²) in [4.78, 5) is 1.21. The highest BCUT2D eigenvalue weighted by atomic mass is 127. The molecule has 2 aromatic rings. The summed E-state index contributed by atoms with van der Waals surface area (Å²) in [5.74, 6) is 0. The first-order valence-corrected chi connectivity index (χ1v) is 8.36. The maximum atomic E-state index is 5.30. The van der Waals surface area contributed by atoms with E-state index < -0.39 is 0 Å². The van der Waals surface area contributed by atoms with Gasteiger partial charge in [-0.2, -0.15) is 0 Å². The molecule has 0 radical (unpaired) electrons. The predicted octanol–water partition coefficient (Wildman–Crippen LogP) is 4.82. The van der Waals surface area contributed by atoms with Crippen LogP contribution in [0, 0.1) is 3.57 Å². The van der Waals surface area contributed by atoms with Crippen molar-refractivity contribution < 1.29 is 0 Å². The van der Waals surface area contributed by atoms with Gasteiger partial charge >= 0.3 is 0 Å². The Balaban J connectivity index is 1.99. The first-order valence-electron chi connectivity index (χ1n) is 5.65. The van der Waals surface area contributed by atoms with Crippen molar-refractivity contribution in [1.82, 2.24) is 0 Å². The first kappa shape index (κ1) is 14.6. The molecule has 0 unspecified atom stereocenters. The minimum absolute atomic E-state index is 0.597. The van der Waals surface area contributed by atoms with E-state index >= 15 is 0 Å². The van der Waals surface area contributed by atoms with Gasteiger partial charge in [0.05, 0.1) is 0 Å². The van der Waals surface area contributed by atoms with Gasteiger partial charge in [0.2, 0.25) is 0 Å². The van der Waals surface area contributed by atoms with Gasteiger partial charge in [0.25, 0.3) is 0 Å². The second-order valence-corrected chi connectivity index (χ2v) is 6.35. The fourth-order valence-electron chi connectivity index (χ4n) is 1.53. The molecular weight excluding hydrogens is 387 g/mol. The highest BCUT2D eigenvalue weighted by Gasteiger charge is 2.00. The number of hydrogen-bond acceptors (Lipinski definition) is 2. The molecule has 0 heterocycles. The largest absolute Gasteiger partial charge is 0.332 e. The lowest BCUT2D eigenvalue weighted by Gasteiger charge is -2.11. The van der Waals surface area contributed by atoms with Gasteiger partial charge in [-0.15, -0.1) is 11.8 Å². The normalized spacial score (nSPS) is 10.0. The molecule has 0 saturated carbocycles. The van der Waals surface area contributed by atoms with E-state index in [2.05, 4.69) is 51.6 Å². The summed E-state index contributed by atoms with van der Waals surface area (Å²) in [7, 11) is 0. The van der Waals surface area contributed by atoms with Gasteiger partial charge in [-0.05, 0) is 83.5 Å². The Hall–Kier alpha value is -0.790. The number of halogens is 1. The van der Waals surface area contributed by atoms with Crippen LogP contribution >= 0.6 is 46.6 Å². The average molecular weight is 400 g/mol. The highest BCUT2D eigenvalue weighted by molar-refractivity contribution is 14.1. The Kier molecular flexibility index (Phi) is 5.47. The van der Waals surface area contributed by atoms with Crippen molar-refractivity contribution in [3.05, 3.63) is 52.1 Å². The molecule has 19 heavy (non-hydrogen) atoms. The van der Waals surface area contributed by atoms with Crippen LogP contribution in [0.25, 0.3) is 0 Å². The van der Waals surface area contributed by atoms with E-state index in [0.29, 0.717) is 5.11 Å². The van der Waals surface area contributed by atoms with E-state index in [1.807, 2.05) is 36.4 Å². The summed E-state index contributed by atoms with van der Waals surface area (Å²) in [6.45, 7) is 0. The minimum atomic E-state index is 0.597. The summed E-state index contributed by atoms with van der Waals surface area (Å²) >= 11 is 9.29. The fourth-order valence-corrected chi connectivity index (χ4v) is 2.58. The molecule has 2 nitrogen and oxygen atoms in total. The zero-order valence-corrected chi connectivity index (χ0v) is 14.1. The molecule has 2 aromatic carbocycles. The molecule has 98 valence electrons. The molecule has 0 fully saturated rings. The van der Waals surface area contributed by atoms with E-state index in [0.717, 1.165) is 11.4 Å². The number of rotatable bonds is 3.